The van der Waals surface area contributed by atoms with Crippen LogP contribution in [0.25, 0.3) is 0 Å². The lowest BCUT2D eigenvalue weighted by molar-refractivity contribution is 0.481. The van der Waals surface area contributed by atoms with Gasteiger partial charge in [-0.25, -0.2) is 4.98 Å². The molecule has 1 aromatic heterocycles. The fourth-order valence-electron chi connectivity index (χ4n) is 1.87. The van der Waals surface area contributed by atoms with Crippen LogP contribution < -0.4 is 5.32 Å². The van der Waals surface area contributed by atoms with Gasteiger partial charge in [-0.2, -0.15) is 11.8 Å². The molecule has 0 saturated heterocycles. The molecule has 0 radical (unpaired) electrons. The quantitative estimate of drug-likeness (QED) is 0.759. The Kier molecular flexibility index (Phi) is 6.57. The van der Waals surface area contributed by atoms with Gasteiger partial charge in [0.05, 0.1) is 6.04 Å². The van der Waals surface area contributed by atoms with Gasteiger partial charge in [-0.3, -0.25) is 0 Å². The maximum absolute atomic E-state index is 4.50. The minimum atomic E-state index is 0.402. The number of imidazole rings is 1. The van der Waals surface area contributed by atoms with E-state index in [2.05, 4.69) is 41.2 Å². The van der Waals surface area contributed by atoms with E-state index >= 15 is 0 Å². The lowest BCUT2D eigenvalue weighted by atomic mass is 10.2. The van der Waals surface area contributed by atoms with Crippen molar-refractivity contribution in [1.29, 1.82) is 0 Å². The molecule has 0 fully saturated rings. The maximum atomic E-state index is 4.50. The molecule has 1 unspecified atom stereocenters. The van der Waals surface area contributed by atoms with Crippen LogP contribution in [0.4, 0.5) is 0 Å². The van der Waals surface area contributed by atoms with Crippen LogP contribution in [0.15, 0.2) is 12.4 Å². The van der Waals surface area contributed by atoms with E-state index < -0.39 is 0 Å². The van der Waals surface area contributed by atoms with Gasteiger partial charge < -0.3 is 9.88 Å². The second-order valence-electron chi connectivity index (χ2n) is 3.87. The molecular formula is C12H23N3S. The number of aryl methyl sites for hydroxylation is 1. The van der Waals surface area contributed by atoms with E-state index in [9.17, 15) is 0 Å². The van der Waals surface area contributed by atoms with Crippen LogP contribution in [-0.4, -0.2) is 28.1 Å². The monoisotopic (exact) mass is 241 g/mol. The zero-order valence-corrected chi connectivity index (χ0v) is 11.4. The molecule has 0 amide bonds. The van der Waals surface area contributed by atoms with Crippen molar-refractivity contribution >= 4 is 11.8 Å². The van der Waals surface area contributed by atoms with Crippen molar-refractivity contribution in [3.8, 4) is 0 Å². The molecule has 1 heterocycles. The minimum absolute atomic E-state index is 0.402. The van der Waals surface area contributed by atoms with Gasteiger partial charge in [0.15, 0.2) is 0 Å². The van der Waals surface area contributed by atoms with Crippen LogP contribution in [0.1, 0.15) is 38.6 Å². The molecule has 92 valence electrons. The summed E-state index contributed by atoms with van der Waals surface area (Å²) in [4.78, 5) is 4.50. The van der Waals surface area contributed by atoms with Crippen LogP contribution in [0.5, 0.6) is 0 Å². The SMILES string of the molecule is CCCn1ccnc1C(CCSC)NCC. The van der Waals surface area contributed by atoms with Gasteiger partial charge in [0.2, 0.25) is 0 Å². The normalized spacial score (nSPS) is 12.9. The molecule has 0 aliphatic carbocycles. The van der Waals surface area contributed by atoms with E-state index in [4.69, 9.17) is 0 Å². The van der Waals surface area contributed by atoms with Crippen molar-refractivity contribution < 1.29 is 0 Å². The Balaban J connectivity index is 2.70. The third-order valence-electron chi connectivity index (χ3n) is 2.59. The predicted molar refractivity (Wildman–Crippen MR) is 71.9 cm³/mol. The largest absolute Gasteiger partial charge is 0.334 e. The molecule has 3 nitrogen and oxygen atoms in total. The molecule has 0 bridgehead atoms. The van der Waals surface area contributed by atoms with Crippen molar-refractivity contribution in [2.75, 3.05) is 18.6 Å². The molecule has 1 N–H and O–H groups in total. The summed E-state index contributed by atoms with van der Waals surface area (Å²) >= 11 is 1.90. The third-order valence-corrected chi connectivity index (χ3v) is 3.23. The van der Waals surface area contributed by atoms with Gasteiger partial charge in [-0.05, 0) is 31.4 Å². The van der Waals surface area contributed by atoms with Crippen LogP contribution >= 0.6 is 11.8 Å². The van der Waals surface area contributed by atoms with E-state index in [1.54, 1.807) is 0 Å². The fourth-order valence-corrected chi connectivity index (χ4v) is 2.34. The molecule has 0 spiro atoms. The van der Waals surface area contributed by atoms with E-state index in [-0.39, 0.29) is 0 Å². The van der Waals surface area contributed by atoms with Crippen molar-refractivity contribution in [1.82, 2.24) is 14.9 Å². The first-order valence-corrected chi connectivity index (χ1v) is 7.46. The number of nitrogens with one attached hydrogen (secondary N) is 1. The summed E-state index contributed by atoms with van der Waals surface area (Å²) in [6.45, 7) is 6.42. The first-order chi connectivity index (χ1) is 7.83. The van der Waals surface area contributed by atoms with Crippen molar-refractivity contribution in [3.63, 3.8) is 0 Å². The van der Waals surface area contributed by atoms with Crippen molar-refractivity contribution in [2.45, 2.75) is 39.3 Å². The second-order valence-corrected chi connectivity index (χ2v) is 4.86. The smallest absolute Gasteiger partial charge is 0.125 e. The minimum Gasteiger partial charge on any atom is -0.334 e. The van der Waals surface area contributed by atoms with E-state index in [1.807, 2.05) is 18.0 Å². The topological polar surface area (TPSA) is 29.9 Å². The zero-order valence-electron chi connectivity index (χ0n) is 10.6. The van der Waals surface area contributed by atoms with Gasteiger partial charge in [-0.15, -0.1) is 0 Å². The van der Waals surface area contributed by atoms with Crippen LogP contribution in [0.2, 0.25) is 0 Å². The average molecular weight is 241 g/mol. The van der Waals surface area contributed by atoms with Crippen LogP contribution in [0, 0.1) is 0 Å². The predicted octanol–water partition coefficient (Wildman–Crippen LogP) is 2.70. The molecule has 4 heteroatoms. The number of nitrogens with zero attached hydrogens (tertiary/aromatic N) is 2. The van der Waals surface area contributed by atoms with Crippen molar-refractivity contribution in [2.24, 2.45) is 0 Å². The van der Waals surface area contributed by atoms with Gasteiger partial charge in [0, 0.05) is 18.9 Å². The molecule has 0 aliphatic heterocycles. The molecule has 0 saturated carbocycles. The summed E-state index contributed by atoms with van der Waals surface area (Å²) in [5.41, 5.74) is 0. The molecule has 16 heavy (non-hydrogen) atoms. The van der Waals surface area contributed by atoms with E-state index in [0.29, 0.717) is 6.04 Å². The highest BCUT2D eigenvalue weighted by atomic mass is 32.2. The molecule has 1 rings (SSSR count). The lowest BCUT2D eigenvalue weighted by Gasteiger charge is -2.18. The summed E-state index contributed by atoms with van der Waals surface area (Å²) in [7, 11) is 0. The standard InChI is InChI=1S/C12H23N3S/c1-4-8-15-9-7-14-12(15)11(13-5-2)6-10-16-3/h7,9,11,13H,4-6,8,10H2,1-3H3. The number of hydrogen-bond donors (Lipinski definition) is 1. The Labute approximate surface area is 103 Å². The van der Waals surface area contributed by atoms with E-state index in [0.717, 1.165) is 25.9 Å². The molecule has 1 atom stereocenters. The van der Waals surface area contributed by atoms with Gasteiger partial charge in [-0.1, -0.05) is 13.8 Å². The summed E-state index contributed by atoms with van der Waals surface area (Å²) in [6.07, 6.45) is 8.46. The van der Waals surface area contributed by atoms with Gasteiger partial charge >= 0.3 is 0 Å². The highest BCUT2D eigenvalue weighted by molar-refractivity contribution is 7.98. The first-order valence-electron chi connectivity index (χ1n) is 6.06. The Morgan fingerprint density at radius 1 is 1.50 bits per heavy atom. The van der Waals surface area contributed by atoms with Crippen molar-refractivity contribution in [3.05, 3.63) is 18.2 Å². The number of hydrogen-bond acceptors (Lipinski definition) is 3. The summed E-state index contributed by atoms with van der Waals surface area (Å²) in [5, 5.41) is 3.52. The zero-order chi connectivity index (χ0) is 11.8. The fraction of sp³-hybridized carbons (Fsp3) is 0.750. The number of rotatable bonds is 8. The Morgan fingerprint density at radius 3 is 2.94 bits per heavy atom. The highest BCUT2D eigenvalue weighted by Crippen LogP contribution is 2.17. The molecule has 0 aromatic carbocycles. The molecular weight excluding hydrogens is 218 g/mol. The Hall–Kier alpha value is -0.480. The lowest BCUT2D eigenvalue weighted by Crippen LogP contribution is -2.25. The number of aromatic nitrogens is 2. The third kappa shape index (κ3) is 3.83. The van der Waals surface area contributed by atoms with Crippen LogP contribution in [0.3, 0.4) is 0 Å². The molecule has 1 aromatic rings. The van der Waals surface area contributed by atoms with Gasteiger partial charge in [0.1, 0.15) is 5.82 Å². The first kappa shape index (κ1) is 13.6. The highest BCUT2D eigenvalue weighted by Gasteiger charge is 2.14. The molecule has 0 aliphatic rings. The van der Waals surface area contributed by atoms with E-state index in [1.165, 1.54) is 11.6 Å². The summed E-state index contributed by atoms with van der Waals surface area (Å²) in [5.74, 6) is 2.37. The van der Waals surface area contributed by atoms with Crippen LogP contribution in [-0.2, 0) is 6.54 Å². The number of thioether (sulfide) groups is 1. The van der Waals surface area contributed by atoms with Gasteiger partial charge in [0.25, 0.3) is 0 Å². The Bertz CT molecular complexity index is 286. The maximum Gasteiger partial charge on any atom is 0.125 e. The average Bonchev–Trinajstić information content (AvgIpc) is 2.73. The second kappa shape index (κ2) is 7.74. The summed E-state index contributed by atoms with van der Waals surface area (Å²) < 4.78 is 2.27. The summed E-state index contributed by atoms with van der Waals surface area (Å²) in [6, 6.07) is 0.402. The Morgan fingerprint density at radius 2 is 2.31 bits per heavy atom.